The van der Waals surface area contributed by atoms with Crippen LogP contribution in [0.2, 0.25) is 0 Å². The van der Waals surface area contributed by atoms with E-state index in [1.54, 1.807) is 12.1 Å². The van der Waals surface area contributed by atoms with Crippen molar-refractivity contribution >= 4 is 15.9 Å². The minimum Gasteiger partial charge on any atom is -0.341 e. The first-order chi connectivity index (χ1) is 13.8. The van der Waals surface area contributed by atoms with Crippen molar-refractivity contribution < 1.29 is 13.2 Å². The monoisotopic (exact) mass is 412 g/mol. The van der Waals surface area contributed by atoms with E-state index in [0.29, 0.717) is 18.7 Å². The Kier molecular flexibility index (Phi) is 6.64. The lowest BCUT2D eigenvalue weighted by Gasteiger charge is -2.22. The van der Waals surface area contributed by atoms with E-state index in [9.17, 15) is 13.2 Å². The maximum atomic E-state index is 12.7. The zero-order chi connectivity index (χ0) is 20.9. The molecule has 0 bridgehead atoms. The molecule has 1 aliphatic heterocycles. The summed E-state index contributed by atoms with van der Waals surface area (Å²) in [6.07, 6.45) is 1.13. The van der Waals surface area contributed by atoms with Crippen molar-refractivity contribution in [3.05, 3.63) is 65.2 Å². The molecule has 7 nitrogen and oxygen atoms in total. The molecule has 2 aromatic carbocycles. The number of sulfonamides is 1. The van der Waals surface area contributed by atoms with E-state index in [4.69, 9.17) is 10.4 Å². The minimum atomic E-state index is -3.73. The number of amides is 1. The molecular formula is C21H24N4O3S. The maximum Gasteiger partial charge on any atom is 0.238 e. The average molecular weight is 413 g/mol. The molecule has 1 fully saturated rings. The molecule has 0 radical (unpaired) electrons. The van der Waals surface area contributed by atoms with Crippen LogP contribution < -0.4 is 5.14 Å². The van der Waals surface area contributed by atoms with Crippen LogP contribution >= 0.6 is 0 Å². The number of carbonyl (C=O) groups is 1. The highest BCUT2D eigenvalue weighted by Crippen LogP contribution is 2.13. The fourth-order valence-corrected chi connectivity index (χ4v) is 3.92. The molecule has 2 aromatic rings. The quantitative estimate of drug-likeness (QED) is 0.800. The van der Waals surface area contributed by atoms with Crippen molar-refractivity contribution in [2.24, 2.45) is 5.14 Å². The lowest BCUT2D eigenvalue weighted by molar-refractivity contribution is -0.130. The summed E-state index contributed by atoms with van der Waals surface area (Å²) in [5, 5.41) is 14.0. The molecular weight excluding hydrogens is 388 g/mol. The number of hydrogen-bond acceptors (Lipinski definition) is 5. The van der Waals surface area contributed by atoms with Gasteiger partial charge >= 0.3 is 0 Å². The van der Waals surface area contributed by atoms with Crippen LogP contribution in [0.4, 0.5) is 0 Å². The van der Waals surface area contributed by atoms with Crippen LogP contribution in [0, 0.1) is 11.3 Å². The molecule has 0 saturated carbocycles. The first-order valence-corrected chi connectivity index (χ1v) is 11.0. The summed E-state index contributed by atoms with van der Waals surface area (Å²) < 4.78 is 22.7. The molecule has 2 N–H and O–H groups in total. The maximum absolute atomic E-state index is 12.7. The lowest BCUT2D eigenvalue weighted by Crippen LogP contribution is -2.36. The highest BCUT2D eigenvalue weighted by Gasteiger charge is 2.19. The van der Waals surface area contributed by atoms with Crippen LogP contribution in [0.3, 0.4) is 0 Å². The van der Waals surface area contributed by atoms with Crippen LogP contribution in [-0.4, -0.2) is 50.3 Å². The van der Waals surface area contributed by atoms with Crippen molar-refractivity contribution in [3.8, 4) is 6.07 Å². The van der Waals surface area contributed by atoms with Crippen molar-refractivity contribution in [2.45, 2.75) is 24.3 Å². The molecule has 0 spiro atoms. The third-order valence-electron chi connectivity index (χ3n) is 5.04. The Morgan fingerprint density at radius 3 is 2.24 bits per heavy atom. The van der Waals surface area contributed by atoms with E-state index in [2.05, 4.69) is 11.0 Å². The Morgan fingerprint density at radius 2 is 1.62 bits per heavy atom. The average Bonchev–Trinajstić information content (AvgIpc) is 2.94. The minimum absolute atomic E-state index is 0.0357. The molecule has 8 heteroatoms. The Morgan fingerprint density at radius 1 is 0.966 bits per heavy atom. The Bertz CT molecular complexity index is 996. The highest BCUT2D eigenvalue weighted by molar-refractivity contribution is 7.89. The summed E-state index contributed by atoms with van der Waals surface area (Å²) in [5.74, 6) is 0.0357. The van der Waals surface area contributed by atoms with E-state index >= 15 is 0 Å². The molecule has 29 heavy (non-hydrogen) atoms. The number of hydrogen-bond donors (Lipinski definition) is 1. The second kappa shape index (κ2) is 9.18. The molecule has 3 rings (SSSR count). The summed E-state index contributed by atoms with van der Waals surface area (Å²) in [6, 6.07) is 15.8. The van der Waals surface area contributed by atoms with Crippen LogP contribution in [0.5, 0.6) is 0 Å². The van der Waals surface area contributed by atoms with Gasteiger partial charge in [-0.3, -0.25) is 9.69 Å². The number of nitrogens with two attached hydrogens (primary N) is 1. The predicted octanol–water partition coefficient (Wildman–Crippen LogP) is 1.48. The molecule has 0 unspecified atom stereocenters. The Balaban J connectivity index is 1.54. The van der Waals surface area contributed by atoms with Gasteiger partial charge in [-0.05, 0) is 41.8 Å². The SMILES string of the molecule is N#Cc1ccc(CN2CCCN(C(=O)Cc3ccc(S(N)(=O)=O)cc3)CC2)cc1. The van der Waals surface area contributed by atoms with Crippen molar-refractivity contribution in [2.75, 3.05) is 26.2 Å². The van der Waals surface area contributed by atoms with Gasteiger partial charge in [-0.25, -0.2) is 13.6 Å². The van der Waals surface area contributed by atoms with Gasteiger partial charge in [0.1, 0.15) is 0 Å². The van der Waals surface area contributed by atoms with Gasteiger partial charge in [-0.15, -0.1) is 0 Å². The Hall–Kier alpha value is -2.73. The zero-order valence-electron chi connectivity index (χ0n) is 16.1. The normalized spacial score (nSPS) is 15.5. The van der Waals surface area contributed by atoms with Crippen molar-refractivity contribution in [1.82, 2.24) is 9.80 Å². The second-order valence-corrected chi connectivity index (χ2v) is 8.75. The van der Waals surface area contributed by atoms with E-state index in [1.165, 1.54) is 12.1 Å². The summed E-state index contributed by atoms with van der Waals surface area (Å²) in [6.45, 7) is 3.86. The largest absolute Gasteiger partial charge is 0.341 e. The third kappa shape index (κ3) is 5.87. The van der Waals surface area contributed by atoms with Crippen LogP contribution in [0.15, 0.2) is 53.4 Å². The van der Waals surface area contributed by atoms with Gasteiger partial charge in [0.25, 0.3) is 0 Å². The second-order valence-electron chi connectivity index (χ2n) is 7.18. The molecule has 1 amide bonds. The van der Waals surface area contributed by atoms with Crippen LogP contribution in [-0.2, 0) is 27.8 Å². The van der Waals surface area contributed by atoms with Crippen LogP contribution in [0.25, 0.3) is 0 Å². The first-order valence-electron chi connectivity index (χ1n) is 9.46. The number of primary sulfonamides is 1. The van der Waals surface area contributed by atoms with E-state index in [1.807, 2.05) is 29.2 Å². The van der Waals surface area contributed by atoms with Crippen molar-refractivity contribution in [1.29, 1.82) is 5.26 Å². The lowest BCUT2D eigenvalue weighted by atomic mass is 10.1. The predicted molar refractivity (Wildman–Crippen MR) is 109 cm³/mol. The highest BCUT2D eigenvalue weighted by atomic mass is 32.2. The van der Waals surface area contributed by atoms with E-state index in [0.717, 1.165) is 37.2 Å². The standard InChI is InChI=1S/C21H24N4O3S/c22-15-18-2-4-19(5-3-18)16-24-10-1-11-25(13-12-24)21(26)14-17-6-8-20(9-7-17)29(23,27)28/h2-9H,1,10-14,16H2,(H2,23,27,28). The smallest absolute Gasteiger partial charge is 0.238 e. The zero-order valence-corrected chi connectivity index (χ0v) is 16.9. The van der Waals surface area contributed by atoms with Gasteiger partial charge in [0.15, 0.2) is 0 Å². The topological polar surface area (TPSA) is 108 Å². The molecule has 0 aliphatic carbocycles. The van der Waals surface area contributed by atoms with Crippen molar-refractivity contribution in [3.63, 3.8) is 0 Å². The number of benzene rings is 2. The van der Waals surface area contributed by atoms with Crippen LogP contribution in [0.1, 0.15) is 23.1 Å². The Labute approximate surface area is 171 Å². The molecule has 0 atom stereocenters. The molecule has 1 heterocycles. The summed E-state index contributed by atoms with van der Waals surface area (Å²) >= 11 is 0. The van der Waals surface area contributed by atoms with Gasteiger partial charge in [-0.1, -0.05) is 24.3 Å². The number of nitriles is 1. The van der Waals surface area contributed by atoms with Gasteiger partial charge in [0, 0.05) is 32.7 Å². The van der Waals surface area contributed by atoms with E-state index < -0.39 is 10.0 Å². The summed E-state index contributed by atoms with van der Waals surface area (Å²) in [5.41, 5.74) is 2.57. The number of rotatable bonds is 5. The van der Waals surface area contributed by atoms with Gasteiger partial charge in [0.2, 0.25) is 15.9 Å². The number of carbonyl (C=O) groups excluding carboxylic acids is 1. The molecule has 1 aliphatic rings. The fraction of sp³-hybridized carbons (Fsp3) is 0.333. The number of nitrogens with zero attached hydrogens (tertiary/aromatic N) is 3. The third-order valence-corrected chi connectivity index (χ3v) is 5.97. The van der Waals surface area contributed by atoms with Gasteiger partial charge < -0.3 is 4.90 Å². The van der Waals surface area contributed by atoms with Gasteiger partial charge in [-0.2, -0.15) is 5.26 Å². The summed E-state index contributed by atoms with van der Waals surface area (Å²) in [4.78, 5) is 16.9. The van der Waals surface area contributed by atoms with Gasteiger partial charge in [0.05, 0.1) is 22.9 Å². The molecule has 1 saturated heterocycles. The molecule has 0 aromatic heterocycles. The molecule has 152 valence electrons. The fourth-order valence-electron chi connectivity index (χ4n) is 3.40. The van der Waals surface area contributed by atoms with E-state index in [-0.39, 0.29) is 17.2 Å². The first kappa shape index (κ1) is 21.0. The summed E-state index contributed by atoms with van der Waals surface area (Å²) in [7, 11) is -3.73.